The smallest absolute Gasteiger partial charge is 0.343 e. The van der Waals surface area contributed by atoms with E-state index in [1.54, 1.807) is 0 Å². The van der Waals surface area contributed by atoms with Crippen LogP contribution in [0.3, 0.4) is 0 Å². The Hall–Kier alpha value is -11.4. The molecule has 30 heteroatoms. The number of hydrogen-bond donors (Lipinski definition) is 16. The van der Waals surface area contributed by atoms with E-state index >= 15 is 0 Å². The molecular weight excluding hydrogens is 1060 g/mol. The molecule has 6 aromatic rings. The molecule has 406 valence electrons. The van der Waals surface area contributed by atoms with E-state index in [4.69, 9.17) is 33.2 Å². The lowest BCUT2D eigenvalue weighted by molar-refractivity contribution is -0.247. The van der Waals surface area contributed by atoms with Gasteiger partial charge in [0.25, 0.3) is 0 Å². The standard InChI is InChI=1S/C48H34O30/c49-20-1-14(2-21(50)34(20)58)42(66)72-29-10-17(7-26(55)37(29)61)44(68)73-30-11-18(8-27(56)38(30)62)45(69)74-31-12-19(9-28(57)39(31)63)47(71)78-48-40(77-46(70)16-5-24(53)36(60)25(54)6-16)32(13-33(76-48)41(64)65)75-43(67)15-3-22(51)35(59)23(52)4-15/h1-12,32-33,40,48-63H,13H2,(H,64,65)/t32-,33-,40+,48-/m0/s1. The molecule has 1 aliphatic rings. The summed E-state index contributed by atoms with van der Waals surface area (Å²) in [5.41, 5.74) is -4.53. The van der Waals surface area contributed by atoms with Gasteiger partial charge < -0.3 is 115 Å². The van der Waals surface area contributed by atoms with E-state index in [9.17, 15) is 115 Å². The number of hydrogen-bond acceptors (Lipinski definition) is 29. The molecule has 0 radical (unpaired) electrons. The topological polar surface area (TPSA) is 508 Å². The summed E-state index contributed by atoms with van der Waals surface area (Å²) in [5.74, 6) is -30.7. The lowest BCUT2D eigenvalue weighted by Crippen LogP contribution is -2.55. The van der Waals surface area contributed by atoms with Crippen molar-refractivity contribution in [3.8, 4) is 103 Å². The molecule has 0 saturated carbocycles. The monoisotopic (exact) mass is 1090 g/mol. The van der Waals surface area contributed by atoms with Crippen LogP contribution in [0.15, 0.2) is 72.8 Å². The zero-order chi connectivity index (χ0) is 57.3. The fourth-order valence-corrected chi connectivity index (χ4v) is 6.90. The molecule has 1 fully saturated rings. The summed E-state index contributed by atoms with van der Waals surface area (Å²) in [5, 5.41) is 161. The van der Waals surface area contributed by atoms with Crippen LogP contribution < -0.4 is 14.2 Å². The van der Waals surface area contributed by atoms with Crippen LogP contribution in [-0.4, -0.2) is 148 Å². The Morgan fingerprint density at radius 3 is 0.923 bits per heavy atom. The van der Waals surface area contributed by atoms with Crippen LogP contribution in [0.4, 0.5) is 0 Å². The predicted octanol–water partition coefficient (Wildman–Crippen LogP) is 2.74. The van der Waals surface area contributed by atoms with Gasteiger partial charge in [-0.1, -0.05) is 0 Å². The third-order valence-corrected chi connectivity index (χ3v) is 10.8. The fraction of sp³-hybridized carbons (Fsp3) is 0.104. The van der Waals surface area contributed by atoms with Crippen LogP contribution >= 0.6 is 0 Å². The lowest BCUT2D eigenvalue weighted by Gasteiger charge is -2.38. The molecule has 0 bridgehead atoms. The van der Waals surface area contributed by atoms with Crippen LogP contribution in [-0.2, 0) is 23.7 Å². The van der Waals surface area contributed by atoms with Crippen LogP contribution in [0.25, 0.3) is 0 Å². The molecule has 0 spiro atoms. The summed E-state index contributed by atoms with van der Waals surface area (Å²) in [7, 11) is 0. The Morgan fingerprint density at radius 2 is 0.603 bits per heavy atom. The minimum atomic E-state index is -2.48. The van der Waals surface area contributed by atoms with Crippen LogP contribution in [0.2, 0.25) is 0 Å². The first kappa shape index (κ1) is 54.3. The van der Waals surface area contributed by atoms with Gasteiger partial charge in [0.05, 0.1) is 33.4 Å². The SMILES string of the molecule is O=C(Oc1cc(C(=O)Oc2cc(C(=O)Oc3cc(C(=O)O[C@@H]4O[C@H](C(=O)O)C[C@H](OC(=O)c5cc(O)c(O)c(O)c5)[C@H]4OC(=O)c4cc(O)c(O)c(O)c4)cc(O)c3O)cc(O)c2O)cc(O)c1O)c1cc(O)c(O)c(O)c1. The first-order valence-corrected chi connectivity index (χ1v) is 21.2. The Balaban J connectivity index is 1.14. The van der Waals surface area contributed by atoms with E-state index in [1.807, 2.05) is 0 Å². The number of ether oxygens (including phenoxy) is 7. The molecular formula is C48H34O30. The van der Waals surface area contributed by atoms with Crippen molar-refractivity contribution < 1.29 is 148 Å². The molecule has 16 N–H and O–H groups in total. The summed E-state index contributed by atoms with van der Waals surface area (Å²) in [4.78, 5) is 92.3. The molecule has 1 saturated heterocycles. The van der Waals surface area contributed by atoms with E-state index in [0.29, 0.717) is 72.8 Å². The van der Waals surface area contributed by atoms with E-state index in [-0.39, 0.29) is 0 Å². The van der Waals surface area contributed by atoms with Gasteiger partial charge in [-0.2, -0.15) is 0 Å². The van der Waals surface area contributed by atoms with Crippen molar-refractivity contribution in [3.05, 3.63) is 106 Å². The number of aromatic hydroxyl groups is 15. The Labute approximate surface area is 430 Å². The zero-order valence-corrected chi connectivity index (χ0v) is 38.3. The van der Waals surface area contributed by atoms with Gasteiger partial charge in [-0.3, -0.25) is 0 Å². The molecule has 4 atom stereocenters. The molecule has 1 heterocycles. The molecule has 0 unspecified atom stereocenters. The van der Waals surface area contributed by atoms with Gasteiger partial charge in [0.15, 0.2) is 92.3 Å². The van der Waals surface area contributed by atoms with Crippen molar-refractivity contribution in [3.63, 3.8) is 0 Å². The highest BCUT2D eigenvalue weighted by Gasteiger charge is 2.49. The Bertz CT molecular complexity index is 3440. The maximum absolute atomic E-state index is 13.8. The third kappa shape index (κ3) is 11.2. The minimum Gasteiger partial charge on any atom is -0.504 e. The summed E-state index contributed by atoms with van der Waals surface area (Å²) in [6.45, 7) is 0. The number of benzene rings is 6. The van der Waals surface area contributed by atoms with Gasteiger partial charge in [0, 0.05) is 6.42 Å². The lowest BCUT2D eigenvalue weighted by atomic mass is 10.0. The molecule has 30 nitrogen and oxygen atoms in total. The van der Waals surface area contributed by atoms with Crippen molar-refractivity contribution in [1.82, 2.24) is 0 Å². The van der Waals surface area contributed by atoms with E-state index in [1.165, 1.54) is 0 Å². The number of phenols is 15. The van der Waals surface area contributed by atoms with Gasteiger partial charge in [-0.05, 0) is 72.8 Å². The number of carboxylic acids is 1. The second-order valence-electron chi connectivity index (χ2n) is 16.1. The zero-order valence-electron chi connectivity index (χ0n) is 38.3. The molecule has 7 rings (SSSR count). The first-order chi connectivity index (χ1) is 36.6. The number of carboxylic acid groups (broad SMARTS) is 1. The number of phenolic OH excluding ortho intramolecular Hbond substituents is 15. The number of aliphatic carboxylic acids is 1. The van der Waals surface area contributed by atoms with Crippen LogP contribution in [0, 0.1) is 0 Å². The molecule has 78 heavy (non-hydrogen) atoms. The number of carbonyl (C=O) groups excluding carboxylic acids is 6. The molecule has 6 aromatic carbocycles. The second-order valence-corrected chi connectivity index (χ2v) is 16.1. The van der Waals surface area contributed by atoms with Gasteiger partial charge in [0.1, 0.15) is 6.10 Å². The third-order valence-electron chi connectivity index (χ3n) is 10.8. The first-order valence-electron chi connectivity index (χ1n) is 21.2. The summed E-state index contributed by atoms with van der Waals surface area (Å²) < 4.78 is 36.5. The van der Waals surface area contributed by atoms with Gasteiger partial charge in [-0.15, -0.1) is 0 Å². The van der Waals surface area contributed by atoms with E-state index < -0.39 is 210 Å². The second kappa shape index (κ2) is 21.2. The van der Waals surface area contributed by atoms with Crippen molar-refractivity contribution >= 4 is 41.8 Å². The largest absolute Gasteiger partial charge is 0.504 e. The van der Waals surface area contributed by atoms with Crippen LogP contribution in [0.1, 0.15) is 68.6 Å². The molecule has 0 amide bonds. The Kier molecular flexibility index (Phi) is 14.8. The molecule has 0 aliphatic carbocycles. The summed E-state index contributed by atoms with van der Waals surface area (Å²) in [6, 6.07) is 6.89. The maximum atomic E-state index is 13.8. The average Bonchev–Trinajstić information content (AvgIpc) is 3.38. The maximum Gasteiger partial charge on any atom is 0.343 e. The average molecular weight is 1090 g/mol. The fourth-order valence-electron chi connectivity index (χ4n) is 6.90. The highest BCUT2D eigenvalue weighted by atomic mass is 16.7. The number of esters is 6. The highest BCUT2D eigenvalue weighted by molar-refractivity contribution is 5.98. The molecule has 0 aromatic heterocycles. The minimum absolute atomic E-state index is 0.483. The number of carbonyl (C=O) groups is 7. The van der Waals surface area contributed by atoms with Crippen LogP contribution in [0.5, 0.6) is 103 Å². The molecule has 1 aliphatic heterocycles. The highest BCUT2D eigenvalue weighted by Crippen LogP contribution is 2.44. The Morgan fingerprint density at radius 1 is 0.346 bits per heavy atom. The number of rotatable bonds is 13. The quantitative estimate of drug-likeness (QED) is 0.0342. The normalized spacial score (nSPS) is 15.7. The van der Waals surface area contributed by atoms with E-state index in [0.717, 1.165) is 0 Å². The summed E-state index contributed by atoms with van der Waals surface area (Å²) >= 11 is 0. The predicted molar refractivity (Wildman–Crippen MR) is 243 cm³/mol. The van der Waals surface area contributed by atoms with Crippen molar-refractivity contribution in [2.45, 2.75) is 31.0 Å². The van der Waals surface area contributed by atoms with Gasteiger partial charge in [-0.25, -0.2) is 33.6 Å². The van der Waals surface area contributed by atoms with E-state index in [2.05, 4.69) is 0 Å². The summed E-state index contributed by atoms with van der Waals surface area (Å²) in [6.07, 6.45) is -9.83. The van der Waals surface area contributed by atoms with Gasteiger partial charge >= 0.3 is 41.8 Å². The van der Waals surface area contributed by atoms with Crippen molar-refractivity contribution in [2.75, 3.05) is 0 Å². The van der Waals surface area contributed by atoms with Crippen molar-refractivity contribution in [2.24, 2.45) is 0 Å². The van der Waals surface area contributed by atoms with Gasteiger partial charge in [0.2, 0.25) is 29.6 Å². The van der Waals surface area contributed by atoms with Crippen molar-refractivity contribution in [1.29, 1.82) is 0 Å².